The first-order chi connectivity index (χ1) is 18.9. The van der Waals surface area contributed by atoms with Crippen LogP contribution in [0.25, 0.3) is 11.2 Å². The van der Waals surface area contributed by atoms with E-state index in [-0.39, 0.29) is 24.4 Å². The fourth-order valence-electron chi connectivity index (χ4n) is 5.20. The molecule has 2 aliphatic heterocycles. The Bertz CT molecular complexity index is 1490. The van der Waals surface area contributed by atoms with Gasteiger partial charge in [0.1, 0.15) is 23.8 Å². The molecule has 39 heavy (non-hydrogen) atoms. The molecule has 0 saturated carbocycles. The second-order valence-corrected chi connectivity index (χ2v) is 10.9. The van der Waals surface area contributed by atoms with Gasteiger partial charge in [-0.1, -0.05) is 35.3 Å². The van der Waals surface area contributed by atoms with Crippen LogP contribution in [0, 0.1) is 11.6 Å². The Balaban J connectivity index is 1.11. The number of ether oxygens (including phenoxy) is 2. The van der Waals surface area contributed by atoms with Crippen molar-refractivity contribution in [2.24, 2.45) is 0 Å². The number of imidazole rings is 1. The zero-order valence-corrected chi connectivity index (χ0v) is 22.6. The maximum Gasteiger partial charge on any atom is 0.182 e. The lowest BCUT2D eigenvalue weighted by Crippen LogP contribution is -2.35. The quantitative estimate of drug-likeness (QED) is 0.251. The Kier molecular flexibility index (Phi) is 7.66. The smallest absolute Gasteiger partial charge is 0.182 e. The molecule has 7 nitrogen and oxygen atoms in total. The lowest BCUT2D eigenvalue weighted by molar-refractivity contribution is -0.0593. The molecule has 2 aliphatic rings. The van der Waals surface area contributed by atoms with Crippen molar-refractivity contribution >= 4 is 34.4 Å². The van der Waals surface area contributed by atoms with Crippen molar-refractivity contribution in [1.29, 1.82) is 0 Å². The summed E-state index contributed by atoms with van der Waals surface area (Å²) >= 11 is 11.9. The molecule has 1 atom stereocenters. The van der Waals surface area contributed by atoms with Gasteiger partial charge in [-0.2, -0.15) is 0 Å². The van der Waals surface area contributed by atoms with E-state index < -0.39 is 11.6 Å². The Labute approximate surface area is 234 Å². The predicted octanol–water partition coefficient (Wildman–Crippen LogP) is 6.16. The lowest BCUT2D eigenvalue weighted by Gasteiger charge is -2.32. The molecule has 2 saturated heterocycles. The summed E-state index contributed by atoms with van der Waals surface area (Å²) in [5.74, 6) is 0.361. The molecule has 11 heteroatoms. The van der Waals surface area contributed by atoms with Gasteiger partial charge in [-0.15, -0.1) is 10.2 Å². The molecule has 0 bridgehead atoms. The summed E-state index contributed by atoms with van der Waals surface area (Å²) in [6.07, 6.45) is 3.00. The molecule has 4 heterocycles. The average Bonchev–Trinajstić information content (AvgIpc) is 3.22. The summed E-state index contributed by atoms with van der Waals surface area (Å²) in [5.41, 5.74) is 2.79. The van der Waals surface area contributed by atoms with Crippen molar-refractivity contribution < 1.29 is 18.3 Å². The second kappa shape index (κ2) is 11.3. The highest BCUT2D eigenvalue weighted by Crippen LogP contribution is 2.33. The Morgan fingerprint density at radius 2 is 1.79 bits per heavy atom. The van der Waals surface area contributed by atoms with E-state index >= 15 is 0 Å². The fraction of sp³-hybridized carbons (Fsp3) is 0.393. The number of fused-ring (bicyclic) bond motifs is 1. The van der Waals surface area contributed by atoms with Crippen LogP contribution in [0.4, 0.5) is 8.78 Å². The molecule has 2 aromatic carbocycles. The molecule has 0 aliphatic carbocycles. The van der Waals surface area contributed by atoms with Crippen molar-refractivity contribution in [1.82, 2.24) is 24.6 Å². The highest BCUT2D eigenvalue weighted by molar-refractivity contribution is 6.30. The van der Waals surface area contributed by atoms with Crippen molar-refractivity contribution in [3.8, 4) is 5.75 Å². The van der Waals surface area contributed by atoms with E-state index in [1.54, 1.807) is 24.3 Å². The van der Waals surface area contributed by atoms with E-state index in [2.05, 4.69) is 19.7 Å². The standard InChI is InChI=1S/C28H27Cl2F2N5O2/c29-20-3-1-19(23(32)12-20)16-39-25-11-18(2-4-22(25)31)17-5-8-36(9-6-17)15-27-33-24-13-26(30)34-35-28(24)37(27)14-21-7-10-38-21/h1-4,11-13,17,21H,5-10,14-16H2/t21-/m0/s1. The lowest BCUT2D eigenvalue weighted by atomic mass is 9.89. The first-order valence-corrected chi connectivity index (χ1v) is 13.8. The van der Waals surface area contributed by atoms with Gasteiger partial charge in [0, 0.05) is 23.3 Å². The van der Waals surface area contributed by atoms with Crippen molar-refractivity contribution in [3.05, 3.63) is 81.2 Å². The van der Waals surface area contributed by atoms with Gasteiger partial charge in [0.05, 0.1) is 19.2 Å². The molecule has 2 aromatic heterocycles. The number of likely N-dealkylation sites (tertiary alicyclic amines) is 1. The Morgan fingerprint density at radius 3 is 2.54 bits per heavy atom. The van der Waals surface area contributed by atoms with Crippen LogP contribution in [0.5, 0.6) is 5.75 Å². The van der Waals surface area contributed by atoms with Gasteiger partial charge in [-0.3, -0.25) is 4.90 Å². The number of rotatable bonds is 8. The minimum absolute atomic E-state index is 0.0791. The van der Waals surface area contributed by atoms with Gasteiger partial charge in [0.15, 0.2) is 22.4 Å². The molecule has 0 unspecified atom stereocenters. The molecule has 6 rings (SSSR count). The van der Waals surface area contributed by atoms with E-state index in [0.717, 1.165) is 61.5 Å². The molecule has 0 N–H and O–H groups in total. The van der Waals surface area contributed by atoms with Crippen LogP contribution in [0.2, 0.25) is 10.2 Å². The largest absolute Gasteiger partial charge is 0.486 e. The predicted molar refractivity (Wildman–Crippen MR) is 144 cm³/mol. The topological polar surface area (TPSA) is 65.3 Å². The SMILES string of the molecule is Fc1cc(Cl)ccc1COc1cc(C2CCN(Cc3nc4cc(Cl)nnc4n3C[C@@H]3CCO3)CC2)ccc1F. The van der Waals surface area contributed by atoms with Crippen LogP contribution in [-0.4, -0.2) is 50.4 Å². The van der Waals surface area contributed by atoms with Gasteiger partial charge in [0.25, 0.3) is 0 Å². The zero-order valence-electron chi connectivity index (χ0n) is 21.1. The minimum Gasteiger partial charge on any atom is -0.486 e. The van der Waals surface area contributed by atoms with Crippen LogP contribution in [0.3, 0.4) is 0 Å². The van der Waals surface area contributed by atoms with E-state index in [4.69, 9.17) is 37.7 Å². The van der Waals surface area contributed by atoms with Crippen molar-refractivity contribution in [2.75, 3.05) is 19.7 Å². The third kappa shape index (κ3) is 5.87. The fourth-order valence-corrected chi connectivity index (χ4v) is 5.50. The second-order valence-electron chi connectivity index (χ2n) is 10.1. The number of hydrogen-bond acceptors (Lipinski definition) is 6. The Hall–Kier alpha value is -2.85. The molecule has 4 aromatic rings. The monoisotopic (exact) mass is 573 g/mol. The number of hydrogen-bond donors (Lipinski definition) is 0. The van der Waals surface area contributed by atoms with Crippen molar-refractivity contribution in [2.45, 2.75) is 51.0 Å². The summed E-state index contributed by atoms with van der Waals surface area (Å²) in [6.45, 7) is 3.80. The maximum atomic E-state index is 14.5. The first kappa shape index (κ1) is 26.4. The molecular formula is C28H27Cl2F2N5O2. The number of nitrogens with zero attached hydrogens (tertiary/aromatic N) is 5. The molecular weight excluding hydrogens is 547 g/mol. The number of aromatic nitrogens is 4. The summed E-state index contributed by atoms with van der Waals surface area (Å²) in [7, 11) is 0. The number of benzene rings is 2. The maximum absolute atomic E-state index is 14.5. The van der Waals surface area contributed by atoms with Gasteiger partial charge in [-0.25, -0.2) is 13.8 Å². The summed E-state index contributed by atoms with van der Waals surface area (Å²) in [6, 6.07) is 11.1. The summed E-state index contributed by atoms with van der Waals surface area (Å²) in [5, 5.41) is 8.93. The van der Waals surface area contributed by atoms with Gasteiger partial charge in [-0.05, 0) is 68.1 Å². The number of piperidine rings is 1. The minimum atomic E-state index is -0.477. The summed E-state index contributed by atoms with van der Waals surface area (Å²) in [4.78, 5) is 7.19. The molecule has 2 fully saturated rings. The van der Waals surface area contributed by atoms with E-state index in [1.807, 2.05) is 6.07 Å². The Morgan fingerprint density at radius 1 is 0.974 bits per heavy atom. The molecule has 204 valence electrons. The average molecular weight is 574 g/mol. The van der Waals surface area contributed by atoms with E-state index in [0.29, 0.717) is 28.8 Å². The van der Waals surface area contributed by atoms with Crippen LogP contribution < -0.4 is 4.74 Å². The van der Waals surface area contributed by atoms with Crippen LogP contribution in [-0.2, 0) is 24.4 Å². The zero-order chi connectivity index (χ0) is 26.9. The van der Waals surface area contributed by atoms with Crippen molar-refractivity contribution in [3.63, 3.8) is 0 Å². The molecule has 0 radical (unpaired) electrons. The van der Waals surface area contributed by atoms with E-state index in [1.165, 1.54) is 12.1 Å². The highest BCUT2D eigenvalue weighted by atomic mass is 35.5. The van der Waals surface area contributed by atoms with Crippen LogP contribution >= 0.6 is 23.2 Å². The first-order valence-electron chi connectivity index (χ1n) is 13.0. The third-order valence-electron chi connectivity index (χ3n) is 7.50. The van der Waals surface area contributed by atoms with Gasteiger partial charge in [0.2, 0.25) is 0 Å². The van der Waals surface area contributed by atoms with Crippen LogP contribution in [0.15, 0.2) is 42.5 Å². The molecule has 0 spiro atoms. The number of halogens is 4. The van der Waals surface area contributed by atoms with Crippen LogP contribution in [0.1, 0.15) is 42.1 Å². The summed E-state index contributed by atoms with van der Waals surface area (Å²) < 4.78 is 42.0. The van der Waals surface area contributed by atoms with Gasteiger partial charge >= 0.3 is 0 Å². The highest BCUT2D eigenvalue weighted by Gasteiger charge is 2.26. The van der Waals surface area contributed by atoms with E-state index in [9.17, 15) is 8.78 Å². The normalized spacial score (nSPS) is 18.4. The third-order valence-corrected chi connectivity index (χ3v) is 7.92. The molecule has 0 amide bonds. The van der Waals surface area contributed by atoms with Gasteiger partial charge < -0.3 is 14.0 Å².